The summed E-state index contributed by atoms with van der Waals surface area (Å²) < 4.78 is 0.951. The first-order valence-corrected chi connectivity index (χ1v) is 4.35. The minimum absolute atomic E-state index is 0.558. The maximum atomic E-state index is 5.80. The van der Waals surface area contributed by atoms with Gasteiger partial charge in [0.2, 0.25) is 0 Å². The predicted molar refractivity (Wildman–Crippen MR) is 49.7 cm³/mol. The molecule has 0 aliphatic heterocycles. The van der Waals surface area contributed by atoms with Gasteiger partial charge in [-0.15, -0.1) is 0 Å². The van der Waals surface area contributed by atoms with Crippen LogP contribution in [0.5, 0.6) is 0 Å². The zero-order valence-corrected chi connectivity index (χ0v) is 8.41. The molecule has 60 valence electrons. The van der Waals surface area contributed by atoms with Crippen molar-refractivity contribution < 1.29 is 0 Å². The third-order valence-corrected chi connectivity index (χ3v) is 2.02. The van der Waals surface area contributed by atoms with Crippen LogP contribution in [0.3, 0.4) is 0 Å². The first-order chi connectivity index (χ1) is 5.24. The predicted octanol–water partition coefficient (Wildman–Crippen LogP) is 2.22. The van der Waals surface area contributed by atoms with Crippen LogP contribution >= 0.6 is 27.5 Å². The molecule has 0 saturated heterocycles. The van der Waals surface area contributed by atoms with Gasteiger partial charge < -0.3 is 5.32 Å². The van der Waals surface area contributed by atoms with Crippen molar-refractivity contribution in [2.24, 2.45) is 0 Å². The Morgan fingerprint density at radius 1 is 1.73 bits per heavy atom. The summed E-state index contributed by atoms with van der Waals surface area (Å²) in [7, 11) is 1.87. The van der Waals surface area contributed by atoms with E-state index in [1.165, 1.54) is 0 Å². The number of aromatic nitrogens is 1. The van der Waals surface area contributed by atoms with E-state index in [0.717, 1.165) is 16.6 Å². The van der Waals surface area contributed by atoms with Crippen LogP contribution in [0, 0.1) is 0 Å². The van der Waals surface area contributed by atoms with Crippen molar-refractivity contribution in [1.82, 2.24) is 10.3 Å². The van der Waals surface area contributed by atoms with Crippen LogP contribution < -0.4 is 5.32 Å². The standard InChI is InChI=1S/C7H8BrClN2/c1-10-3-5-2-6(8)4-11-7(5)9/h2,4,10H,3H2,1H3. The molecule has 1 aromatic heterocycles. The molecule has 1 N–H and O–H groups in total. The van der Waals surface area contributed by atoms with Crippen molar-refractivity contribution in [3.63, 3.8) is 0 Å². The molecule has 0 spiro atoms. The van der Waals surface area contributed by atoms with Crippen LogP contribution in [0.4, 0.5) is 0 Å². The number of halogens is 2. The Morgan fingerprint density at radius 3 is 3.09 bits per heavy atom. The molecule has 2 nitrogen and oxygen atoms in total. The number of hydrogen-bond donors (Lipinski definition) is 1. The van der Waals surface area contributed by atoms with Crippen molar-refractivity contribution in [3.8, 4) is 0 Å². The second-order valence-corrected chi connectivity index (χ2v) is 3.41. The van der Waals surface area contributed by atoms with E-state index in [-0.39, 0.29) is 0 Å². The second kappa shape index (κ2) is 4.04. The lowest BCUT2D eigenvalue weighted by Gasteiger charge is -2.01. The molecule has 1 rings (SSSR count). The lowest BCUT2D eigenvalue weighted by molar-refractivity contribution is 0.813. The summed E-state index contributed by atoms with van der Waals surface area (Å²) in [5, 5.41) is 3.56. The fourth-order valence-electron chi connectivity index (χ4n) is 0.779. The highest BCUT2D eigenvalue weighted by Crippen LogP contribution is 2.17. The molecule has 1 aromatic rings. The summed E-state index contributed by atoms with van der Waals surface area (Å²) in [6.45, 7) is 0.741. The van der Waals surface area contributed by atoms with Gasteiger partial charge in [0.25, 0.3) is 0 Å². The van der Waals surface area contributed by atoms with Crippen LogP contribution in [0.1, 0.15) is 5.56 Å². The quantitative estimate of drug-likeness (QED) is 0.795. The van der Waals surface area contributed by atoms with Crippen LogP contribution in [0.25, 0.3) is 0 Å². The largest absolute Gasteiger partial charge is 0.316 e. The topological polar surface area (TPSA) is 24.9 Å². The van der Waals surface area contributed by atoms with E-state index in [0.29, 0.717) is 5.15 Å². The molecule has 0 fully saturated rings. The SMILES string of the molecule is CNCc1cc(Br)cnc1Cl. The highest BCUT2D eigenvalue weighted by atomic mass is 79.9. The van der Waals surface area contributed by atoms with E-state index in [1.807, 2.05) is 13.1 Å². The smallest absolute Gasteiger partial charge is 0.133 e. The van der Waals surface area contributed by atoms with Gasteiger partial charge in [0.15, 0.2) is 0 Å². The Bertz CT molecular complexity index is 252. The Morgan fingerprint density at radius 2 is 2.45 bits per heavy atom. The molecular formula is C7H8BrClN2. The molecular weight excluding hydrogens is 227 g/mol. The Balaban J connectivity index is 2.93. The first-order valence-electron chi connectivity index (χ1n) is 3.18. The number of nitrogens with zero attached hydrogens (tertiary/aromatic N) is 1. The maximum Gasteiger partial charge on any atom is 0.133 e. The third kappa shape index (κ3) is 2.43. The van der Waals surface area contributed by atoms with Gasteiger partial charge in [-0.1, -0.05) is 11.6 Å². The van der Waals surface area contributed by atoms with Crippen molar-refractivity contribution in [1.29, 1.82) is 0 Å². The van der Waals surface area contributed by atoms with Gasteiger partial charge in [-0.05, 0) is 29.0 Å². The molecule has 0 amide bonds. The van der Waals surface area contributed by atoms with Gasteiger partial charge in [-0.2, -0.15) is 0 Å². The molecule has 4 heteroatoms. The molecule has 0 bridgehead atoms. The summed E-state index contributed by atoms with van der Waals surface area (Å²) >= 11 is 9.12. The van der Waals surface area contributed by atoms with Crippen LogP contribution in [-0.4, -0.2) is 12.0 Å². The molecule has 1 heterocycles. The van der Waals surface area contributed by atoms with Gasteiger partial charge in [-0.3, -0.25) is 0 Å². The van der Waals surface area contributed by atoms with E-state index in [2.05, 4.69) is 26.2 Å². The molecule has 0 atom stereocenters. The molecule has 11 heavy (non-hydrogen) atoms. The van der Waals surface area contributed by atoms with Gasteiger partial charge in [-0.25, -0.2) is 4.98 Å². The summed E-state index contributed by atoms with van der Waals surface area (Å²) in [5.41, 5.74) is 1.00. The highest BCUT2D eigenvalue weighted by molar-refractivity contribution is 9.10. The summed E-state index contributed by atoms with van der Waals surface area (Å²) in [5.74, 6) is 0. The Labute approximate surface area is 79.1 Å². The van der Waals surface area contributed by atoms with E-state index in [9.17, 15) is 0 Å². The van der Waals surface area contributed by atoms with Gasteiger partial charge in [0, 0.05) is 22.8 Å². The summed E-state index contributed by atoms with van der Waals surface area (Å²) in [4.78, 5) is 3.98. The number of pyridine rings is 1. The molecule has 0 saturated carbocycles. The van der Waals surface area contributed by atoms with E-state index < -0.39 is 0 Å². The number of hydrogen-bond acceptors (Lipinski definition) is 2. The second-order valence-electron chi connectivity index (χ2n) is 2.13. The van der Waals surface area contributed by atoms with E-state index in [4.69, 9.17) is 11.6 Å². The first kappa shape index (κ1) is 8.97. The van der Waals surface area contributed by atoms with Crippen LogP contribution in [0.15, 0.2) is 16.7 Å². The maximum absolute atomic E-state index is 5.80. The van der Waals surface area contributed by atoms with Crippen molar-refractivity contribution >= 4 is 27.5 Å². The van der Waals surface area contributed by atoms with Crippen molar-refractivity contribution in [2.75, 3.05) is 7.05 Å². The minimum Gasteiger partial charge on any atom is -0.316 e. The lowest BCUT2D eigenvalue weighted by Crippen LogP contribution is -2.05. The minimum atomic E-state index is 0.558. The van der Waals surface area contributed by atoms with E-state index in [1.54, 1.807) is 6.20 Å². The number of rotatable bonds is 2. The number of nitrogens with one attached hydrogen (secondary N) is 1. The van der Waals surface area contributed by atoms with Crippen molar-refractivity contribution in [3.05, 3.63) is 27.5 Å². The van der Waals surface area contributed by atoms with Crippen LogP contribution in [0.2, 0.25) is 5.15 Å². The molecule has 0 aliphatic rings. The monoisotopic (exact) mass is 234 g/mol. The molecule has 0 unspecified atom stereocenters. The van der Waals surface area contributed by atoms with Crippen LogP contribution in [-0.2, 0) is 6.54 Å². The van der Waals surface area contributed by atoms with Gasteiger partial charge >= 0.3 is 0 Å². The Hall–Kier alpha value is -0.120. The van der Waals surface area contributed by atoms with Crippen molar-refractivity contribution in [2.45, 2.75) is 6.54 Å². The molecule has 0 aromatic carbocycles. The zero-order chi connectivity index (χ0) is 8.27. The third-order valence-electron chi connectivity index (χ3n) is 1.25. The highest BCUT2D eigenvalue weighted by Gasteiger charge is 1.99. The fraction of sp³-hybridized carbons (Fsp3) is 0.286. The van der Waals surface area contributed by atoms with E-state index >= 15 is 0 Å². The fourth-order valence-corrected chi connectivity index (χ4v) is 1.33. The molecule has 0 radical (unpaired) electrons. The summed E-state index contributed by atoms with van der Waals surface area (Å²) in [6.07, 6.45) is 1.68. The van der Waals surface area contributed by atoms with Gasteiger partial charge in [0.05, 0.1) is 0 Å². The zero-order valence-electron chi connectivity index (χ0n) is 6.06. The average Bonchev–Trinajstić information content (AvgIpc) is 1.98. The summed E-state index contributed by atoms with van der Waals surface area (Å²) in [6, 6.07) is 1.95. The Kier molecular flexibility index (Phi) is 3.30. The average molecular weight is 236 g/mol. The lowest BCUT2D eigenvalue weighted by atomic mass is 10.3. The molecule has 0 aliphatic carbocycles. The normalized spacial score (nSPS) is 10.1. The van der Waals surface area contributed by atoms with Gasteiger partial charge in [0.1, 0.15) is 5.15 Å².